The van der Waals surface area contributed by atoms with E-state index in [9.17, 15) is 4.79 Å². The Morgan fingerprint density at radius 1 is 1.04 bits per heavy atom. The second-order valence-corrected chi connectivity index (χ2v) is 6.87. The highest BCUT2D eigenvalue weighted by Gasteiger charge is 2.30. The van der Waals surface area contributed by atoms with Crippen molar-refractivity contribution in [1.82, 2.24) is 24.5 Å². The number of likely N-dealkylation sites (tertiary alicyclic amines) is 1. The van der Waals surface area contributed by atoms with E-state index in [-0.39, 0.29) is 11.9 Å². The third-order valence-electron chi connectivity index (χ3n) is 5.26. The number of nitrogens with zero attached hydrogens (tertiary/aromatic N) is 5. The number of pyridine rings is 1. The molecule has 0 unspecified atom stereocenters. The van der Waals surface area contributed by atoms with Crippen LogP contribution in [0.15, 0.2) is 61.1 Å². The number of rotatable bonds is 2. The molecule has 0 spiro atoms. The van der Waals surface area contributed by atoms with Crippen molar-refractivity contribution < 1.29 is 4.79 Å². The SMILES string of the molecule is O=C(c1cccc2ncccc12)N1CCCC[C@H]1c1ccn2nccc2n1. The Balaban J connectivity index is 1.55. The fourth-order valence-corrected chi connectivity index (χ4v) is 3.94. The summed E-state index contributed by atoms with van der Waals surface area (Å²) in [5, 5.41) is 5.10. The van der Waals surface area contributed by atoms with Crippen molar-refractivity contribution in [2.45, 2.75) is 25.3 Å². The summed E-state index contributed by atoms with van der Waals surface area (Å²) in [6.07, 6.45) is 8.44. The second-order valence-electron chi connectivity index (χ2n) is 6.87. The zero-order valence-electron chi connectivity index (χ0n) is 14.8. The zero-order chi connectivity index (χ0) is 18.2. The molecule has 5 rings (SSSR count). The van der Waals surface area contributed by atoms with Gasteiger partial charge in [-0.25, -0.2) is 9.50 Å². The van der Waals surface area contributed by atoms with E-state index in [1.54, 1.807) is 16.9 Å². The predicted octanol–water partition coefficient (Wildman–Crippen LogP) is 3.64. The van der Waals surface area contributed by atoms with Crippen LogP contribution >= 0.6 is 0 Å². The van der Waals surface area contributed by atoms with Gasteiger partial charge in [0.15, 0.2) is 5.65 Å². The van der Waals surface area contributed by atoms with Gasteiger partial charge < -0.3 is 4.90 Å². The van der Waals surface area contributed by atoms with Crippen molar-refractivity contribution in [3.05, 3.63) is 72.3 Å². The molecule has 0 saturated carbocycles. The average molecular weight is 357 g/mol. The molecular formula is C21H19N5O. The van der Waals surface area contributed by atoms with Crippen LogP contribution in [0.25, 0.3) is 16.6 Å². The molecule has 0 N–H and O–H groups in total. The Morgan fingerprint density at radius 2 is 2.00 bits per heavy atom. The topological polar surface area (TPSA) is 63.4 Å². The van der Waals surface area contributed by atoms with Gasteiger partial charge in [-0.15, -0.1) is 0 Å². The first kappa shape index (κ1) is 15.9. The first-order valence-corrected chi connectivity index (χ1v) is 9.26. The van der Waals surface area contributed by atoms with Crippen LogP contribution in [-0.4, -0.2) is 36.9 Å². The summed E-state index contributed by atoms with van der Waals surface area (Å²) < 4.78 is 1.74. The first-order valence-electron chi connectivity index (χ1n) is 9.26. The van der Waals surface area contributed by atoms with Gasteiger partial charge in [0.25, 0.3) is 5.91 Å². The van der Waals surface area contributed by atoms with Crippen LogP contribution in [0.1, 0.15) is 41.4 Å². The number of carbonyl (C=O) groups excluding carboxylic acids is 1. The molecule has 1 atom stereocenters. The summed E-state index contributed by atoms with van der Waals surface area (Å²) in [6.45, 7) is 0.742. The number of amides is 1. The Bertz CT molecular complexity index is 1130. The number of carbonyl (C=O) groups is 1. The average Bonchev–Trinajstić information content (AvgIpc) is 3.21. The van der Waals surface area contributed by atoms with Crippen molar-refractivity contribution in [2.75, 3.05) is 6.54 Å². The highest BCUT2D eigenvalue weighted by Crippen LogP contribution is 2.32. The Labute approximate surface area is 156 Å². The smallest absolute Gasteiger partial charge is 0.255 e. The summed E-state index contributed by atoms with van der Waals surface area (Å²) in [7, 11) is 0. The summed E-state index contributed by atoms with van der Waals surface area (Å²) in [4.78, 5) is 24.6. The Kier molecular flexibility index (Phi) is 3.81. The predicted molar refractivity (Wildman–Crippen MR) is 102 cm³/mol. The third-order valence-corrected chi connectivity index (χ3v) is 5.26. The van der Waals surface area contributed by atoms with Gasteiger partial charge >= 0.3 is 0 Å². The van der Waals surface area contributed by atoms with Gasteiger partial charge in [0, 0.05) is 36.0 Å². The molecule has 0 bridgehead atoms. The van der Waals surface area contributed by atoms with Gasteiger partial charge in [-0.2, -0.15) is 5.10 Å². The molecule has 134 valence electrons. The minimum Gasteiger partial charge on any atom is -0.330 e. The van der Waals surface area contributed by atoms with E-state index in [2.05, 4.69) is 10.1 Å². The van der Waals surface area contributed by atoms with Gasteiger partial charge in [-0.3, -0.25) is 9.78 Å². The van der Waals surface area contributed by atoms with Crippen molar-refractivity contribution in [3.63, 3.8) is 0 Å². The minimum absolute atomic E-state index is 0.0157. The molecule has 4 aromatic rings. The summed E-state index contributed by atoms with van der Waals surface area (Å²) in [5.41, 5.74) is 3.28. The van der Waals surface area contributed by atoms with Crippen LogP contribution in [-0.2, 0) is 0 Å². The molecule has 4 heterocycles. The van der Waals surface area contributed by atoms with Crippen LogP contribution in [0.2, 0.25) is 0 Å². The number of benzene rings is 1. The summed E-state index contributed by atoms with van der Waals surface area (Å²) >= 11 is 0. The van der Waals surface area contributed by atoms with Crippen molar-refractivity contribution >= 4 is 22.5 Å². The van der Waals surface area contributed by atoms with Crippen LogP contribution < -0.4 is 0 Å². The van der Waals surface area contributed by atoms with Crippen molar-refractivity contribution in [1.29, 1.82) is 0 Å². The molecule has 1 fully saturated rings. The molecule has 0 aliphatic carbocycles. The second kappa shape index (κ2) is 6.46. The normalized spacial score (nSPS) is 17.5. The molecule has 1 aliphatic rings. The Morgan fingerprint density at radius 3 is 2.96 bits per heavy atom. The van der Waals surface area contributed by atoms with Crippen molar-refractivity contribution in [3.8, 4) is 0 Å². The maximum absolute atomic E-state index is 13.5. The van der Waals surface area contributed by atoms with E-state index in [0.717, 1.165) is 48.1 Å². The molecular weight excluding hydrogens is 338 g/mol. The van der Waals surface area contributed by atoms with E-state index in [1.807, 2.05) is 53.6 Å². The van der Waals surface area contributed by atoms with Gasteiger partial charge in [0.2, 0.25) is 0 Å². The number of hydrogen-bond acceptors (Lipinski definition) is 4. The monoisotopic (exact) mass is 357 g/mol. The molecule has 1 aromatic carbocycles. The van der Waals surface area contributed by atoms with Gasteiger partial charge in [-0.1, -0.05) is 12.1 Å². The summed E-state index contributed by atoms with van der Waals surface area (Å²) in [5.74, 6) is 0.0495. The molecule has 1 amide bonds. The molecule has 1 aliphatic heterocycles. The van der Waals surface area contributed by atoms with E-state index < -0.39 is 0 Å². The lowest BCUT2D eigenvalue weighted by molar-refractivity contribution is 0.0608. The minimum atomic E-state index is -0.0157. The van der Waals surface area contributed by atoms with Gasteiger partial charge in [0.1, 0.15) is 0 Å². The molecule has 1 saturated heterocycles. The molecule has 0 radical (unpaired) electrons. The van der Waals surface area contributed by atoms with Crippen LogP contribution in [0.3, 0.4) is 0 Å². The van der Waals surface area contributed by atoms with Crippen molar-refractivity contribution in [2.24, 2.45) is 0 Å². The van der Waals surface area contributed by atoms with Gasteiger partial charge in [0.05, 0.1) is 23.4 Å². The maximum Gasteiger partial charge on any atom is 0.255 e. The highest BCUT2D eigenvalue weighted by molar-refractivity contribution is 6.06. The fraction of sp³-hybridized carbons (Fsp3) is 0.238. The van der Waals surface area contributed by atoms with Gasteiger partial charge in [-0.05, 0) is 43.5 Å². The van der Waals surface area contributed by atoms with Crippen LogP contribution in [0, 0.1) is 0 Å². The largest absolute Gasteiger partial charge is 0.330 e. The molecule has 3 aromatic heterocycles. The van der Waals surface area contributed by atoms with Crippen LogP contribution in [0.4, 0.5) is 0 Å². The number of hydrogen-bond donors (Lipinski definition) is 0. The van der Waals surface area contributed by atoms with E-state index in [1.165, 1.54) is 0 Å². The van der Waals surface area contributed by atoms with Crippen LogP contribution in [0.5, 0.6) is 0 Å². The maximum atomic E-state index is 13.5. The summed E-state index contributed by atoms with van der Waals surface area (Å²) in [6, 6.07) is 13.4. The lowest BCUT2D eigenvalue weighted by atomic mass is 9.97. The van der Waals surface area contributed by atoms with E-state index >= 15 is 0 Å². The quantitative estimate of drug-likeness (QED) is 0.549. The molecule has 27 heavy (non-hydrogen) atoms. The highest BCUT2D eigenvalue weighted by atomic mass is 16.2. The lowest BCUT2D eigenvalue weighted by Crippen LogP contribution is -2.39. The molecule has 6 nitrogen and oxygen atoms in total. The fourth-order valence-electron chi connectivity index (χ4n) is 3.94. The number of fused-ring (bicyclic) bond motifs is 2. The zero-order valence-corrected chi connectivity index (χ0v) is 14.8. The lowest BCUT2D eigenvalue weighted by Gasteiger charge is -2.35. The molecule has 6 heteroatoms. The standard InChI is InChI=1S/C21H19N5O/c27-21(16-5-3-7-17-15(16)6-4-11-22-17)25-13-2-1-8-19(25)18-10-14-26-20(24-18)9-12-23-26/h3-7,9-12,14,19H,1-2,8,13H2/t19-/m0/s1. The van der Waals surface area contributed by atoms with E-state index in [0.29, 0.717) is 5.56 Å². The third kappa shape index (κ3) is 2.73. The Hall–Kier alpha value is -3.28. The number of aromatic nitrogens is 4. The van der Waals surface area contributed by atoms with E-state index in [4.69, 9.17) is 4.98 Å². The first-order chi connectivity index (χ1) is 13.3. The number of piperidine rings is 1.